The van der Waals surface area contributed by atoms with Gasteiger partial charge in [0.2, 0.25) is 0 Å². The first-order valence-corrected chi connectivity index (χ1v) is 6.79. The summed E-state index contributed by atoms with van der Waals surface area (Å²) in [6.07, 6.45) is -4.81. The topological polar surface area (TPSA) is 46.4 Å². The highest BCUT2D eigenvalue weighted by atomic mass is 19.4. The van der Waals surface area contributed by atoms with Crippen LogP contribution < -0.4 is 0 Å². The molecule has 2 rings (SSSR count). The second kappa shape index (κ2) is 6.37. The smallest absolute Gasteiger partial charge is 0.305 e. The van der Waals surface area contributed by atoms with E-state index in [0.29, 0.717) is 11.1 Å². The second-order valence-corrected chi connectivity index (χ2v) is 5.34. The lowest BCUT2D eigenvalue weighted by molar-refractivity contribution is -0.388. The maximum Gasteiger partial charge on any atom is 0.423 e. The maximum atomic E-state index is 13.5. The van der Waals surface area contributed by atoms with Crippen molar-refractivity contribution in [3.05, 3.63) is 63.7 Å². The molecule has 4 nitrogen and oxygen atoms in total. The van der Waals surface area contributed by atoms with Crippen LogP contribution in [0.1, 0.15) is 11.1 Å². The van der Waals surface area contributed by atoms with E-state index in [1.165, 1.54) is 6.07 Å². The number of halogens is 3. The lowest BCUT2D eigenvalue weighted by Crippen LogP contribution is -2.19. The van der Waals surface area contributed by atoms with Gasteiger partial charge in [0.25, 0.3) is 5.69 Å². The summed E-state index contributed by atoms with van der Waals surface area (Å²) in [6.45, 7) is -0.0548. The van der Waals surface area contributed by atoms with Gasteiger partial charge in [-0.3, -0.25) is 10.1 Å². The number of hydrogen-bond acceptors (Lipinski definition) is 3. The minimum absolute atomic E-state index is 0.0548. The van der Waals surface area contributed by atoms with Gasteiger partial charge in [0.15, 0.2) is 0 Å². The molecule has 2 aromatic rings. The third kappa shape index (κ3) is 3.68. The lowest BCUT2D eigenvalue weighted by atomic mass is 9.93. The molecule has 0 aliphatic heterocycles. The van der Waals surface area contributed by atoms with Crippen LogP contribution in [-0.2, 0) is 12.7 Å². The highest BCUT2D eigenvalue weighted by Crippen LogP contribution is 2.42. The SMILES string of the molecule is CN(C)Cc1c(-c2ccccc2)ccc([N+](=O)[O-])c1C(F)(F)F. The molecule has 2 aromatic carbocycles. The molecule has 0 aromatic heterocycles. The van der Waals surface area contributed by atoms with Gasteiger partial charge in [0.05, 0.1) is 4.92 Å². The molecule has 0 spiro atoms. The molecule has 0 bridgehead atoms. The molecule has 122 valence electrons. The first kappa shape index (κ1) is 17.0. The van der Waals surface area contributed by atoms with Crippen molar-refractivity contribution in [2.24, 2.45) is 0 Å². The molecular formula is C16H15F3N2O2. The van der Waals surface area contributed by atoms with Gasteiger partial charge in [-0.1, -0.05) is 30.3 Å². The minimum Gasteiger partial charge on any atom is -0.305 e. The predicted octanol–water partition coefficient (Wildman–Crippen LogP) is 4.34. The van der Waals surface area contributed by atoms with Crippen LogP contribution in [0.25, 0.3) is 11.1 Å². The summed E-state index contributed by atoms with van der Waals surface area (Å²) >= 11 is 0. The van der Waals surface area contributed by atoms with Crippen molar-refractivity contribution >= 4 is 5.69 Å². The van der Waals surface area contributed by atoms with Gasteiger partial charge in [0.1, 0.15) is 5.56 Å². The number of nitrogens with zero attached hydrogens (tertiary/aromatic N) is 2. The number of benzene rings is 2. The van der Waals surface area contributed by atoms with Gasteiger partial charge in [-0.2, -0.15) is 13.2 Å². The van der Waals surface area contributed by atoms with Crippen molar-refractivity contribution in [2.45, 2.75) is 12.7 Å². The van der Waals surface area contributed by atoms with E-state index in [9.17, 15) is 23.3 Å². The Balaban J connectivity index is 2.81. The zero-order chi connectivity index (χ0) is 17.2. The Bertz CT molecular complexity index is 713. The monoisotopic (exact) mass is 324 g/mol. The molecule has 23 heavy (non-hydrogen) atoms. The van der Waals surface area contributed by atoms with Gasteiger partial charge in [-0.05, 0) is 36.9 Å². The average molecular weight is 324 g/mol. The largest absolute Gasteiger partial charge is 0.423 e. The van der Waals surface area contributed by atoms with Gasteiger partial charge < -0.3 is 4.90 Å². The summed E-state index contributed by atoms with van der Waals surface area (Å²) in [5.41, 5.74) is -1.27. The van der Waals surface area contributed by atoms with E-state index >= 15 is 0 Å². The van der Waals surface area contributed by atoms with Gasteiger partial charge in [0, 0.05) is 12.6 Å². The molecule has 0 saturated carbocycles. The van der Waals surface area contributed by atoms with Crippen LogP contribution in [-0.4, -0.2) is 23.9 Å². The fourth-order valence-corrected chi connectivity index (χ4v) is 2.47. The fourth-order valence-electron chi connectivity index (χ4n) is 2.47. The molecule has 0 atom stereocenters. The molecule has 0 unspecified atom stereocenters. The van der Waals surface area contributed by atoms with Crippen molar-refractivity contribution in [3.8, 4) is 11.1 Å². The van der Waals surface area contributed by atoms with E-state index in [1.54, 1.807) is 49.3 Å². The third-order valence-electron chi connectivity index (χ3n) is 3.33. The van der Waals surface area contributed by atoms with Crippen LogP contribution in [0.5, 0.6) is 0 Å². The Labute approximate surface area is 131 Å². The first-order chi connectivity index (χ1) is 10.7. The molecule has 0 amide bonds. The summed E-state index contributed by atoms with van der Waals surface area (Å²) < 4.78 is 40.5. The fraction of sp³-hybridized carbons (Fsp3) is 0.250. The molecule has 7 heteroatoms. The first-order valence-electron chi connectivity index (χ1n) is 6.79. The van der Waals surface area contributed by atoms with Crippen LogP contribution >= 0.6 is 0 Å². The van der Waals surface area contributed by atoms with Crippen LogP contribution in [0.15, 0.2) is 42.5 Å². The van der Waals surface area contributed by atoms with Crippen molar-refractivity contribution in [1.29, 1.82) is 0 Å². The van der Waals surface area contributed by atoms with E-state index in [-0.39, 0.29) is 12.1 Å². The highest BCUT2D eigenvalue weighted by Gasteiger charge is 2.41. The van der Waals surface area contributed by atoms with Crippen molar-refractivity contribution < 1.29 is 18.1 Å². The maximum absolute atomic E-state index is 13.5. The molecule has 0 saturated heterocycles. The van der Waals surface area contributed by atoms with Crippen LogP contribution in [0, 0.1) is 10.1 Å². The quantitative estimate of drug-likeness (QED) is 0.621. The van der Waals surface area contributed by atoms with Crippen molar-refractivity contribution in [3.63, 3.8) is 0 Å². The molecule has 0 heterocycles. The van der Waals surface area contributed by atoms with Crippen molar-refractivity contribution in [2.75, 3.05) is 14.1 Å². The predicted molar refractivity (Wildman–Crippen MR) is 80.9 cm³/mol. The number of hydrogen-bond donors (Lipinski definition) is 0. The van der Waals surface area contributed by atoms with Gasteiger partial charge in [-0.25, -0.2) is 0 Å². The number of nitro groups is 1. The summed E-state index contributed by atoms with van der Waals surface area (Å²) in [6, 6.07) is 10.8. The summed E-state index contributed by atoms with van der Waals surface area (Å²) in [5.74, 6) is 0. The molecule has 0 aliphatic rings. The second-order valence-electron chi connectivity index (χ2n) is 5.34. The van der Waals surface area contributed by atoms with Crippen LogP contribution in [0.3, 0.4) is 0 Å². The summed E-state index contributed by atoms with van der Waals surface area (Å²) in [7, 11) is 3.24. The number of nitro benzene ring substituents is 1. The normalized spacial score (nSPS) is 11.7. The van der Waals surface area contributed by atoms with E-state index in [0.717, 1.165) is 6.07 Å². The van der Waals surface area contributed by atoms with E-state index in [2.05, 4.69) is 0 Å². The van der Waals surface area contributed by atoms with Crippen LogP contribution in [0.2, 0.25) is 0 Å². The van der Waals surface area contributed by atoms with E-state index in [4.69, 9.17) is 0 Å². The summed E-state index contributed by atoms with van der Waals surface area (Å²) in [4.78, 5) is 11.6. The van der Waals surface area contributed by atoms with Gasteiger partial charge >= 0.3 is 6.18 Å². The molecule has 0 radical (unpaired) electrons. The molecule has 0 fully saturated rings. The number of rotatable bonds is 4. The van der Waals surface area contributed by atoms with Gasteiger partial charge in [-0.15, -0.1) is 0 Å². The standard InChI is InChI=1S/C16H15F3N2O2/c1-20(2)10-13-12(11-6-4-3-5-7-11)8-9-14(21(22)23)15(13)16(17,18)19/h3-9H,10H2,1-2H3. The van der Waals surface area contributed by atoms with Crippen LogP contribution in [0.4, 0.5) is 18.9 Å². The molecule has 0 aliphatic carbocycles. The third-order valence-corrected chi connectivity index (χ3v) is 3.33. The lowest BCUT2D eigenvalue weighted by Gasteiger charge is -2.20. The molecular weight excluding hydrogens is 309 g/mol. The van der Waals surface area contributed by atoms with Crippen molar-refractivity contribution in [1.82, 2.24) is 4.90 Å². The highest BCUT2D eigenvalue weighted by molar-refractivity contribution is 5.72. The Kier molecular flexibility index (Phi) is 4.70. The number of alkyl halides is 3. The Morgan fingerprint density at radius 2 is 1.70 bits per heavy atom. The Hall–Kier alpha value is -2.41. The average Bonchev–Trinajstić information content (AvgIpc) is 2.45. The molecule has 0 N–H and O–H groups in total. The Morgan fingerprint density at radius 1 is 1.09 bits per heavy atom. The van der Waals surface area contributed by atoms with E-state index in [1.807, 2.05) is 0 Å². The van der Waals surface area contributed by atoms with E-state index < -0.39 is 22.4 Å². The zero-order valence-electron chi connectivity index (χ0n) is 12.6. The minimum atomic E-state index is -4.81. The zero-order valence-corrected chi connectivity index (χ0v) is 12.6. The summed E-state index contributed by atoms with van der Waals surface area (Å²) in [5, 5.41) is 11.0. The Morgan fingerprint density at radius 3 is 2.17 bits per heavy atom.